The van der Waals surface area contributed by atoms with E-state index in [1.54, 1.807) is 18.2 Å². The molecule has 10 nitrogen and oxygen atoms in total. The Balaban J connectivity index is 1.81. The molecule has 0 radical (unpaired) electrons. The highest BCUT2D eigenvalue weighted by Gasteiger charge is 2.17. The molecule has 10 heteroatoms. The van der Waals surface area contributed by atoms with Crippen LogP contribution in [0.25, 0.3) is 11.0 Å². The topological polar surface area (TPSA) is 137 Å². The fourth-order valence-electron chi connectivity index (χ4n) is 3.45. The number of carbonyl (C=O) groups is 4. The van der Waals surface area contributed by atoms with Crippen LogP contribution in [0.1, 0.15) is 65.2 Å². The number of esters is 2. The molecular formula is C27H36N4O6. The summed E-state index contributed by atoms with van der Waals surface area (Å²) in [6.45, 7) is 7.81. The minimum Gasteiger partial charge on any atom is -0.466 e. The Morgan fingerprint density at radius 3 is 2.19 bits per heavy atom. The number of unbranched alkanes of at least 4 members (excludes halogenated alkanes) is 2. The Bertz CT molecular complexity index is 1090. The molecule has 2 aromatic heterocycles. The highest BCUT2D eigenvalue weighted by molar-refractivity contribution is 5.94. The Morgan fingerprint density at radius 2 is 1.57 bits per heavy atom. The van der Waals surface area contributed by atoms with E-state index >= 15 is 0 Å². The van der Waals surface area contributed by atoms with Gasteiger partial charge in [0.05, 0.1) is 19.6 Å². The molecular weight excluding hydrogens is 476 g/mol. The summed E-state index contributed by atoms with van der Waals surface area (Å²) in [5.41, 5.74) is 0.385. The summed E-state index contributed by atoms with van der Waals surface area (Å²) in [6.07, 6.45) is 5.67. The highest BCUT2D eigenvalue weighted by Crippen LogP contribution is 2.19. The zero-order valence-corrected chi connectivity index (χ0v) is 21.6. The number of anilines is 2. The molecule has 200 valence electrons. The quantitative estimate of drug-likeness (QED) is 0.190. The predicted molar refractivity (Wildman–Crippen MR) is 141 cm³/mol. The van der Waals surface area contributed by atoms with Gasteiger partial charge in [-0.1, -0.05) is 33.3 Å². The molecule has 0 saturated heterocycles. The first-order valence-corrected chi connectivity index (χ1v) is 12.7. The molecule has 37 heavy (non-hydrogen) atoms. The molecule has 2 amide bonds. The second-order valence-corrected chi connectivity index (χ2v) is 8.52. The number of pyridine rings is 2. The predicted octanol–water partition coefficient (Wildman–Crippen LogP) is 4.56. The van der Waals surface area contributed by atoms with Gasteiger partial charge in [0.2, 0.25) is 11.8 Å². The molecule has 0 aromatic carbocycles. The van der Waals surface area contributed by atoms with Crippen LogP contribution in [0.3, 0.4) is 0 Å². The van der Waals surface area contributed by atoms with Crippen LogP contribution in [0.4, 0.5) is 11.6 Å². The molecule has 0 spiro atoms. The van der Waals surface area contributed by atoms with Crippen LogP contribution in [0, 0.1) is 5.92 Å². The number of nitrogens with zero attached hydrogens (tertiary/aromatic N) is 2. The Kier molecular flexibility index (Phi) is 12.7. The molecule has 2 rings (SSSR count). The average Bonchev–Trinajstić information content (AvgIpc) is 2.89. The van der Waals surface area contributed by atoms with Gasteiger partial charge in [-0.25, -0.2) is 14.8 Å². The number of ether oxygens (including phenoxy) is 2. The summed E-state index contributed by atoms with van der Waals surface area (Å²) in [5, 5.41) is 6.29. The average molecular weight is 513 g/mol. The number of fused-ring (bicyclic) bond motifs is 1. The summed E-state index contributed by atoms with van der Waals surface area (Å²) in [7, 11) is 0. The van der Waals surface area contributed by atoms with Gasteiger partial charge in [0.15, 0.2) is 5.65 Å². The van der Waals surface area contributed by atoms with Gasteiger partial charge in [-0.2, -0.15) is 0 Å². The van der Waals surface area contributed by atoms with Crippen molar-refractivity contribution in [3.63, 3.8) is 0 Å². The monoisotopic (exact) mass is 512 g/mol. The first-order chi connectivity index (χ1) is 17.9. The largest absolute Gasteiger partial charge is 0.466 e. The van der Waals surface area contributed by atoms with Crippen molar-refractivity contribution in [1.82, 2.24) is 9.97 Å². The molecule has 0 saturated carbocycles. The number of hydrogen-bond acceptors (Lipinski definition) is 8. The van der Waals surface area contributed by atoms with Crippen molar-refractivity contribution in [2.75, 3.05) is 23.8 Å². The van der Waals surface area contributed by atoms with E-state index in [4.69, 9.17) is 9.47 Å². The van der Waals surface area contributed by atoms with Gasteiger partial charge >= 0.3 is 11.9 Å². The van der Waals surface area contributed by atoms with Crippen molar-refractivity contribution in [3.8, 4) is 0 Å². The Morgan fingerprint density at radius 1 is 0.919 bits per heavy atom. The van der Waals surface area contributed by atoms with Crippen molar-refractivity contribution in [2.45, 2.75) is 65.2 Å². The fourth-order valence-corrected chi connectivity index (χ4v) is 3.45. The van der Waals surface area contributed by atoms with Crippen LogP contribution in [-0.4, -0.2) is 46.9 Å². The number of hydrogen-bond donors (Lipinski definition) is 2. The van der Waals surface area contributed by atoms with Gasteiger partial charge in [-0.05, 0) is 49.9 Å². The molecule has 1 atom stereocenters. The van der Waals surface area contributed by atoms with E-state index < -0.39 is 11.9 Å². The second kappa shape index (κ2) is 16.0. The highest BCUT2D eigenvalue weighted by atomic mass is 16.5. The standard InChI is InChI=1S/C27H36N4O6/c1-4-7-10-19(5-2)27(35)31-22-14-12-20-11-13-21(29-26(20)30-22)28-23(32)15-16-25(34)37-18-9-8-17-36-24(33)6-3/h6,11-14,19H,3-5,7-10,15-18H2,1-2H3,(H2,28,29,30,31,32,35). The zero-order chi connectivity index (χ0) is 27.0. The van der Waals surface area contributed by atoms with E-state index in [1.165, 1.54) is 0 Å². The van der Waals surface area contributed by atoms with E-state index in [1.807, 2.05) is 13.0 Å². The summed E-state index contributed by atoms with van der Waals surface area (Å²) in [5.74, 6) is -0.785. The van der Waals surface area contributed by atoms with Gasteiger partial charge in [-0.3, -0.25) is 14.4 Å². The van der Waals surface area contributed by atoms with Crippen molar-refractivity contribution >= 4 is 46.4 Å². The van der Waals surface area contributed by atoms with Crippen LogP contribution < -0.4 is 10.6 Å². The van der Waals surface area contributed by atoms with E-state index in [-0.39, 0.29) is 43.8 Å². The van der Waals surface area contributed by atoms with E-state index in [2.05, 4.69) is 34.1 Å². The summed E-state index contributed by atoms with van der Waals surface area (Å²) < 4.78 is 9.92. The number of rotatable bonds is 16. The molecule has 2 N–H and O–H groups in total. The summed E-state index contributed by atoms with van der Waals surface area (Å²) in [4.78, 5) is 56.4. The van der Waals surface area contributed by atoms with Gasteiger partial charge in [-0.15, -0.1) is 0 Å². The van der Waals surface area contributed by atoms with E-state index in [0.29, 0.717) is 30.1 Å². The number of nitrogens with one attached hydrogen (secondary N) is 2. The van der Waals surface area contributed by atoms with Crippen LogP contribution in [0.5, 0.6) is 0 Å². The normalized spacial score (nSPS) is 11.4. The molecule has 1 unspecified atom stereocenters. The van der Waals surface area contributed by atoms with Gasteiger partial charge in [0.1, 0.15) is 11.6 Å². The van der Waals surface area contributed by atoms with Crippen molar-refractivity contribution in [2.24, 2.45) is 5.92 Å². The SMILES string of the molecule is C=CC(=O)OCCCCOC(=O)CCC(=O)Nc1ccc2ccc(NC(=O)C(CC)CCCC)nc2n1. The third-order valence-electron chi connectivity index (χ3n) is 5.61. The van der Waals surface area contributed by atoms with E-state index in [0.717, 1.165) is 37.1 Å². The van der Waals surface area contributed by atoms with Crippen LogP contribution >= 0.6 is 0 Å². The lowest BCUT2D eigenvalue weighted by molar-refractivity contribution is -0.145. The molecule has 0 bridgehead atoms. The van der Waals surface area contributed by atoms with E-state index in [9.17, 15) is 19.2 Å². The minimum atomic E-state index is -0.491. The second-order valence-electron chi connectivity index (χ2n) is 8.52. The lowest BCUT2D eigenvalue weighted by Crippen LogP contribution is -2.22. The first kappa shape index (κ1) is 29.4. The maximum Gasteiger partial charge on any atom is 0.330 e. The molecule has 0 aliphatic heterocycles. The third-order valence-corrected chi connectivity index (χ3v) is 5.61. The van der Waals surface area contributed by atoms with Crippen molar-refractivity contribution < 1.29 is 28.7 Å². The van der Waals surface area contributed by atoms with Crippen LogP contribution in [-0.2, 0) is 28.7 Å². The molecule has 2 heterocycles. The van der Waals surface area contributed by atoms with Crippen molar-refractivity contribution in [3.05, 3.63) is 36.9 Å². The molecule has 2 aromatic rings. The molecule has 0 aliphatic carbocycles. The van der Waals surface area contributed by atoms with Crippen LogP contribution in [0.2, 0.25) is 0 Å². The first-order valence-electron chi connectivity index (χ1n) is 12.7. The van der Waals surface area contributed by atoms with Gasteiger partial charge in [0.25, 0.3) is 0 Å². The Hall–Kier alpha value is -3.82. The lowest BCUT2D eigenvalue weighted by atomic mass is 9.98. The Labute approximate surface area is 217 Å². The third kappa shape index (κ3) is 10.8. The van der Waals surface area contributed by atoms with Gasteiger partial charge < -0.3 is 20.1 Å². The number of aromatic nitrogens is 2. The number of amides is 2. The maximum absolute atomic E-state index is 12.6. The van der Waals surface area contributed by atoms with Crippen molar-refractivity contribution in [1.29, 1.82) is 0 Å². The molecule has 0 fully saturated rings. The smallest absolute Gasteiger partial charge is 0.330 e. The number of carbonyl (C=O) groups excluding carboxylic acids is 4. The summed E-state index contributed by atoms with van der Waals surface area (Å²) in [6, 6.07) is 6.96. The molecule has 0 aliphatic rings. The zero-order valence-electron chi connectivity index (χ0n) is 21.6. The maximum atomic E-state index is 12.6. The van der Waals surface area contributed by atoms with Crippen LogP contribution in [0.15, 0.2) is 36.9 Å². The lowest BCUT2D eigenvalue weighted by Gasteiger charge is -2.14. The fraction of sp³-hybridized carbons (Fsp3) is 0.481. The summed E-state index contributed by atoms with van der Waals surface area (Å²) >= 11 is 0. The minimum absolute atomic E-state index is 0.0599. The van der Waals surface area contributed by atoms with Gasteiger partial charge in [0, 0.05) is 23.8 Å².